The molecule has 9 heteroatoms. The van der Waals surface area contributed by atoms with Gasteiger partial charge in [0.1, 0.15) is 0 Å². The standard InChI is InChI=1S/C14H17N5O2S.BrH/c1-3-21-14(20)17-10-6-4-5-9(7-10)11-8-22-13(18-11)19(2)12(15)16;/h4-8H,3H2,1-2H3,(H3,15,16)(H,17,20);1H. The van der Waals surface area contributed by atoms with E-state index in [9.17, 15) is 4.79 Å². The quantitative estimate of drug-likeness (QED) is 0.540. The lowest BCUT2D eigenvalue weighted by molar-refractivity contribution is 0.168. The van der Waals surface area contributed by atoms with Crippen LogP contribution >= 0.6 is 28.3 Å². The molecule has 1 heterocycles. The van der Waals surface area contributed by atoms with E-state index in [1.54, 1.807) is 20.0 Å². The minimum absolute atomic E-state index is 0. The highest BCUT2D eigenvalue weighted by molar-refractivity contribution is 8.93. The van der Waals surface area contributed by atoms with Gasteiger partial charge in [-0.25, -0.2) is 9.78 Å². The molecule has 0 unspecified atom stereocenters. The predicted molar refractivity (Wildman–Crippen MR) is 98.8 cm³/mol. The minimum Gasteiger partial charge on any atom is -0.450 e. The topological polar surface area (TPSA) is 104 Å². The molecular formula is C14H18BrN5O2S. The zero-order chi connectivity index (χ0) is 16.1. The number of carbonyl (C=O) groups is 1. The number of amides is 1. The van der Waals surface area contributed by atoms with Gasteiger partial charge in [0.05, 0.1) is 12.3 Å². The largest absolute Gasteiger partial charge is 0.450 e. The van der Waals surface area contributed by atoms with Crippen molar-refractivity contribution in [3.05, 3.63) is 29.6 Å². The summed E-state index contributed by atoms with van der Waals surface area (Å²) in [5.74, 6) is -0.0707. The van der Waals surface area contributed by atoms with Crippen LogP contribution in [0.25, 0.3) is 11.3 Å². The summed E-state index contributed by atoms with van der Waals surface area (Å²) in [4.78, 5) is 17.4. The molecular weight excluding hydrogens is 382 g/mol. The Hall–Kier alpha value is -2.13. The van der Waals surface area contributed by atoms with Crippen molar-refractivity contribution in [2.45, 2.75) is 6.92 Å². The molecule has 124 valence electrons. The Morgan fingerprint density at radius 1 is 1.52 bits per heavy atom. The molecule has 0 bridgehead atoms. The van der Waals surface area contributed by atoms with Crippen LogP contribution < -0.4 is 16.0 Å². The first-order valence-corrected chi connectivity index (χ1v) is 7.46. The Kier molecular flexibility index (Phi) is 6.98. The molecule has 0 atom stereocenters. The summed E-state index contributed by atoms with van der Waals surface area (Å²) in [6.45, 7) is 2.07. The van der Waals surface area contributed by atoms with Gasteiger partial charge in [-0.3, -0.25) is 15.6 Å². The molecule has 7 nitrogen and oxygen atoms in total. The zero-order valence-electron chi connectivity index (χ0n) is 12.7. The molecule has 0 fully saturated rings. The van der Waals surface area contributed by atoms with Gasteiger partial charge in [-0.05, 0) is 19.1 Å². The van der Waals surface area contributed by atoms with Crippen molar-refractivity contribution in [1.82, 2.24) is 4.98 Å². The summed E-state index contributed by atoms with van der Waals surface area (Å²) in [5.41, 5.74) is 7.67. The SMILES string of the molecule is Br.CCOC(=O)Nc1cccc(-c2csc(N(C)C(=N)N)n2)c1. The molecule has 0 aliphatic carbocycles. The maximum absolute atomic E-state index is 11.4. The van der Waals surface area contributed by atoms with Gasteiger partial charge in [-0.1, -0.05) is 12.1 Å². The molecule has 0 aliphatic heterocycles. The number of carbonyl (C=O) groups excluding carboxylic acids is 1. The Balaban J connectivity index is 0.00000264. The third-order valence-corrected chi connectivity index (χ3v) is 3.74. The second-order valence-electron chi connectivity index (χ2n) is 4.39. The summed E-state index contributed by atoms with van der Waals surface area (Å²) in [7, 11) is 1.68. The maximum atomic E-state index is 11.4. The fraction of sp³-hybridized carbons (Fsp3) is 0.214. The van der Waals surface area contributed by atoms with E-state index < -0.39 is 6.09 Å². The van der Waals surface area contributed by atoms with Crippen molar-refractivity contribution in [3.63, 3.8) is 0 Å². The van der Waals surface area contributed by atoms with Crippen molar-refractivity contribution in [2.75, 3.05) is 23.9 Å². The van der Waals surface area contributed by atoms with E-state index in [0.717, 1.165) is 11.3 Å². The number of nitrogens with one attached hydrogen (secondary N) is 2. The normalized spacial score (nSPS) is 9.65. The van der Waals surface area contributed by atoms with Crippen molar-refractivity contribution < 1.29 is 9.53 Å². The Morgan fingerprint density at radius 2 is 2.26 bits per heavy atom. The average molecular weight is 400 g/mol. The van der Waals surface area contributed by atoms with Crippen LogP contribution in [0.4, 0.5) is 15.6 Å². The second kappa shape index (κ2) is 8.49. The van der Waals surface area contributed by atoms with Gasteiger partial charge in [0.15, 0.2) is 11.1 Å². The number of hydrogen-bond donors (Lipinski definition) is 3. The molecule has 2 aromatic rings. The number of ether oxygens (including phenoxy) is 1. The first-order valence-electron chi connectivity index (χ1n) is 6.58. The molecule has 2 rings (SSSR count). The van der Waals surface area contributed by atoms with Crippen molar-refractivity contribution >= 4 is 51.2 Å². The fourth-order valence-electron chi connectivity index (χ4n) is 1.70. The highest BCUT2D eigenvalue weighted by atomic mass is 79.9. The van der Waals surface area contributed by atoms with Crippen molar-refractivity contribution in [1.29, 1.82) is 5.41 Å². The number of guanidine groups is 1. The molecule has 1 aromatic heterocycles. The molecule has 0 aliphatic rings. The average Bonchev–Trinajstić information content (AvgIpc) is 2.96. The Morgan fingerprint density at radius 3 is 2.91 bits per heavy atom. The lowest BCUT2D eigenvalue weighted by Gasteiger charge is -2.11. The number of aromatic nitrogens is 1. The van der Waals surface area contributed by atoms with Gasteiger partial charge in [0, 0.05) is 23.7 Å². The highest BCUT2D eigenvalue weighted by Crippen LogP contribution is 2.28. The van der Waals surface area contributed by atoms with Crippen LogP contribution in [0.15, 0.2) is 29.6 Å². The van der Waals surface area contributed by atoms with Gasteiger partial charge >= 0.3 is 6.09 Å². The van der Waals surface area contributed by atoms with E-state index in [0.29, 0.717) is 17.4 Å². The third kappa shape index (κ3) is 4.93. The molecule has 1 amide bonds. The first kappa shape index (κ1) is 18.9. The molecule has 0 saturated carbocycles. The van der Waals surface area contributed by atoms with Gasteiger partial charge in [-0.15, -0.1) is 28.3 Å². The third-order valence-electron chi connectivity index (χ3n) is 2.82. The van der Waals surface area contributed by atoms with E-state index in [2.05, 4.69) is 10.3 Å². The van der Waals surface area contributed by atoms with Crippen LogP contribution in [-0.4, -0.2) is 30.7 Å². The van der Waals surface area contributed by atoms with E-state index in [1.807, 2.05) is 23.6 Å². The number of hydrogen-bond acceptors (Lipinski definition) is 5. The van der Waals surface area contributed by atoms with Gasteiger partial charge in [0.25, 0.3) is 0 Å². The van der Waals surface area contributed by atoms with E-state index in [1.165, 1.54) is 16.2 Å². The minimum atomic E-state index is -0.491. The van der Waals surface area contributed by atoms with Gasteiger partial charge < -0.3 is 10.5 Å². The molecule has 4 N–H and O–H groups in total. The number of benzene rings is 1. The van der Waals surface area contributed by atoms with Crippen LogP contribution in [0.2, 0.25) is 0 Å². The monoisotopic (exact) mass is 399 g/mol. The number of nitrogens with two attached hydrogens (primary N) is 1. The lowest BCUT2D eigenvalue weighted by Crippen LogP contribution is -2.32. The van der Waals surface area contributed by atoms with Crippen LogP contribution in [0.1, 0.15) is 6.92 Å². The number of rotatable bonds is 4. The highest BCUT2D eigenvalue weighted by Gasteiger charge is 2.11. The molecule has 0 spiro atoms. The fourth-order valence-corrected chi connectivity index (χ4v) is 2.51. The summed E-state index contributed by atoms with van der Waals surface area (Å²) < 4.78 is 4.85. The number of anilines is 2. The molecule has 0 saturated heterocycles. The number of nitrogens with zero attached hydrogens (tertiary/aromatic N) is 2. The number of halogens is 1. The van der Waals surface area contributed by atoms with E-state index in [-0.39, 0.29) is 22.9 Å². The van der Waals surface area contributed by atoms with Gasteiger partial charge in [0.2, 0.25) is 0 Å². The summed E-state index contributed by atoms with van der Waals surface area (Å²) in [6, 6.07) is 7.30. The smallest absolute Gasteiger partial charge is 0.411 e. The van der Waals surface area contributed by atoms with Crippen molar-refractivity contribution in [3.8, 4) is 11.3 Å². The van der Waals surface area contributed by atoms with Gasteiger partial charge in [-0.2, -0.15) is 0 Å². The van der Waals surface area contributed by atoms with E-state index in [4.69, 9.17) is 15.9 Å². The molecule has 23 heavy (non-hydrogen) atoms. The Labute approximate surface area is 148 Å². The Bertz CT molecular complexity index is 691. The van der Waals surface area contributed by atoms with Crippen LogP contribution in [0, 0.1) is 5.41 Å². The first-order chi connectivity index (χ1) is 10.5. The summed E-state index contributed by atoms with van der Waals surface area (Å²) in [6.07, 6.45) is -0.491. The van der Waals surface area contributed by atoms with Crippen molar-refractivity contribution in [2.24, 2.45) is 5.73 Å². The maximum Gasteiger partial charge on any atom is 0.411 e. The lowest BCUT2D eigenvalue weighted by atomic mass is 10.1. The van der Waals surface area contributed by atoms with E-state index >= 15 is 0 Å². The van der Waals surface area contributed by atoms with Crippen LogP contribution in [-0.2, 0) is 4.74 Å². The summed E-state index contributed by atoms with van der Waals surface area (Å²) in [5, 5.41) is 12.6. The zero-order valence-corrected chi connectivity index (χ0v) is 15.2. The molecule has 0 radical (unpaired) electrons. The summed E-state index contributed by atoms with van der Waals surface area (Å²) >= 11 is 1.39. The predicted octanol–water partition coefficient (Wildman–Crippen LogP) is 3.29. The van der Waals surface area contributed by atoms with Crippen LogP contribution in [0.5, 0.6) is 0 Å². The number of thiazole rings is 1. The molecule has 1 aromatic carbocycles. The van der Waals surface area contributed by atoms with Crippen LogP contribution in [0.3, 0.4) is 0 Å². The second-order valence-corrected chi connectivity index (χ2v) is 5.22.